The van der Waals surface area contributed by atoms with Crippen molar-refractivity contribution < 1.29 is 14.6 Å². The number of carboxylic acids is 1. The van der Waals surface area contributed by atoms with E-state index in [-0.39, 0.29) is 17.6 Å². The monoisotopic (exact) mass is 350 g/mol. The Kier molecular flexibility index (Phi) is 5.82. The maximum Gasteiger partial charge on any atom is 0.306 e. The molecular weight excluding hydrogens is 312 g/mol. The first kappa shape index (κ1) is 19.2. The summed E-state index contributed by atoms with van der Waals surface area (Å²) in [5.41, 5.74) is -0.0456. The summed E-state index contributed by atoms with van der Waals surface area (Å²) in [6, 6.07) is 0. The number of fused-ring (bicyclic) bond motifs is 3. The first-order valence-electron chi connectivity index (χ1n) is 10.7. The highest BCUT2D eigenvalue weighted by atomic mass is 16.5. The summed E-state index contributed by atoms with van der Waals surface area (Å²) >= 11 is 0. The van der Waals surface area contributed by atoms with Crippen molar-refractivity contribution in [2.75, 3.05) is 0 Å². The predicted octanol–water partition coefficient (Wildman–Crippen LogP) is 5.52. The van der Waals surface area contributed by atoms with Gasteiger partial charge in [0.25, 0.3) is 0 Å². The minimum absolute atomic E-state index is 0.0456. The van der Waals surface area contributed by atoms with Crippen LogP contribution >= 0.6 is 0 Å². The van der Waals surface area contributed by atoms with Gasteiger partial charge in [0.05, 0.1) is 17.6 Å². The Morgan fingerprint density at radius 2 is 1.88 bits per heavy atom. The van der Waals surface area contributed by atoms with Crippen LogP contribution in [0.2, 0.25) is 0 Å². The molecule has 0 radical (unpaired) electrons. The molecule has 2 saturated carbocycles. The van der Waals surface area contributed by atoms with Gasteiger partial charge in [0, 0.05) is 0 Å². The lowest BCUT2D eigenvalue weighted by atomic mass is 9.56. The number of hydrogen-bond acceptors (Lipinski definition) is 2. The Bertz CT molecular complexity index is 472. The number of rotatable bonds is 5. The highest BCUT2D eigenvalue weighted by Crippen LogP contribution is 2.55. The maximum atomic E-state index is 12.0. The normalized spacial score (nSPS) is 43.1. The van der Waals surface area contributed by atoms with Crippen molar-refractivity contribution in [3.05, 3.63) is 0 Å². The first-order valence-corrected chi connectivity index (χ1v) is 10.7. The van der Waals surface area contributed by atoms with Crippen molar-refractivity contribution >= 4 is 5.97 Å². The van der Waals surface area contributed by atoms with E-state index in [1.54, 1.807) is 0 Å². The molecule has 3 aliphatic rings. The number of ether oxygens (including phenoxy) is 1. The van der Waals surface area contributed by atoms with Gasteiger partial charge in [0.2, 0.25) is 0 Å². The average Bonchev–Trinajstić information content (AvgIpc) is 2.53. The van der Waals surface area contributed by atoms with Gasteiger partial charge in [-0.25, -0.2) is 0 Å². The van der Waals surface area contributed by atoms with Gasteiger partial charge < -0.3 is 9.84 Å². The lowest BCUT2D eigenvalue weighted by Crippen LogP contribution is -2.57. The molecule has 0 bridgehead atoms. The number of unbranched alkanes of at least 4 members (excludes halogenated alkanes) is 2. The van der Waals surface area contributed by atoms with Gasteiger partial charge in [-0.2, -0.15) is 0 Å². The van der Waals surface area contributed by atoms with Crippen molar-refractivity contribution in [1.29, 1.82) is 0 Å². The minimum Gasteiger partial charge on any atom is -0.481 e. The fraction of sp³-hybridized carbons (Fsp3) is 0.955. The lowest BCUT2D eigenvalue weighted by Gasteiger charge is -2.57. The summed E-state index contributed by atoms with van der Waals surface area (Å²) in [6.07, 6.45) is 10.5. The molecule has 25 heavy (non-hydrogen) atoms. The predicted molar refractivity (Wildman–Crippen MR) is 100 cm³/mol. The molecule has 3 fully saturated rings. The summed E-state index contributed by atoms with van der Waals surface area (Å²) in [6.45, 7) is 9.15. The second-order valence-electron chi connectivity index (χ2n) is 9.78. The molecule has 0 aromatic carbocycles. The molecular formula is C22H38O3. The average molecular weight is 351 g/mol. The third-order valence-electron chi connectivity index (χ3n) is 7.66. The van der Waals surface area contributed by atoms with E-state index in [1.807, 2.05) is 0 Å². The van der Waals surface area contributed by atoms with Crippen LogP contribution in [0.4, 0.5) is 0 Å². The molecule has 0 aromatic heterocycles. The fourth-order valence-corrected chi connectivity index (χ4v) is 6.38. The van der Waals surface area contributed by atoms with Gasteiger partial charge in [-0.1, -0.05) is 39.5 Å². The van der Waals surface area contributed by atoms with Crippen LogP contribution in [0, 0.1) is 35.5 Å². The topological polar surface area (TPSA) is 46.5 Å². The number of hydrogen-bond donors (Lipinski definition) is 1. The quantitative estimate of drug-likeness (QED) is 0.664. The molecule has 3 rings (SSSR count). The van der Waals surface area contributed by atoms with Crippen molar-refractivity contribution in [3.63, 3.8) is 0 Å². The second-order valence-corrected chi connectivity index (χ2v) is 9.78. The number of carbonyl (C=O) groups is 1. The molecule has 3 heteroatoms. The molecule has 0 spiro atoms. The van der Waals surface area contributed by atoms with Crippen molar-refractivity contribution in [3.8, 4) is 0 Å². The molecule has 1 N–H and O–H groups in total. The van der Waals surface area contributed by atoms with Crippen molar-refractivity contribution in [2.45, 2.75) is 97.2 Å². The van der Waals surface area contributed by atoms with Crippen molar-refractivity contribution in [1.82, 2.24) is 0 Å². The summed E-state index contributed by atoms with van der Waals surface area (Å²) in [7, 11) is 0. The smallest absolute Gasteiger partial charge is 0.306 e. The molecule has 7 unspecified atom stereocenters. The molecule has 0 aromatic rings. The summed E-state index contributed by atoms with van der Waals surface area (Å²) < 4.78 is 6.65. The van der Waals surface area contributed by atoms with Crippen LogP contribution in [-0.2, 0) is 9.53 Å². The van der Waals surface area contributed by atoms with Gasteiger partial charge in [0.1, 0.15) is 0 Å². The van der Waals surface area contributed by atoms with Gasteiger partial charge in [0.15, 0.2) is 0 Å². The molecule has 0 amide bonds. The molecule has 1 saturated heterocycles. The van der Waals surface area contributed by atoms with E-state index < -0.39 is 5.97 Å². The largest absolute Gasteiger partial charge is 0.481 e. The maximum absolute atomic E-state index is 12.0. The standard InChI is InChI=1S/C22H38O3/c1-5-6-7-8-15-12-20-18(13-16(15)21(23)24)17-11-14(2)9-10-19(17)22(3,4)25-20/h14-20H,5-13H2,1-4H3,(H,23,24). The van der Waals surface area contributed by atoms with Crippen LogP contribution in [0.5, 0.6) is 0 Å². The summed E-state index contributed by atoms with van der Waals surface area (Å²) in [4.78, 5) is 12.0. The number of carboxylic acid groups (broad SMARTS) is 1. The zero-order valence-corrected chi connectivity index (χ0v) is 16.7. The van der Waals surface area contributed by atoms with E-state index in [4.69, 9.17) is 4.74 Å². The van der Waals surface area contributed by atoms with Gasteiger partial charge >= 0.3 is 5.97 Å². The zero-order valence-electron chi connectivity index (χ0n) is 16.7. The van der Waals surface area contributed by atoms with E-state index in [0.29, 0.717) is 23.7 Å². The second kappa shape index (κ2) is 7.58. The molecule has 1 heterocycles. The highest BCUT2D eigenvalue weighted by Gasteiger charge is 2.54. The Labute approximate surface area is 153 Å². The SMILES string of the molecule is CCCCCC1CC2OC(C)(C)C3CCC(C)CC3C2CC1C(=O)O. The highest BCUT2D eigenvalue weighted by molar-refractivity contribution is 5.70. The van der Waals surface area contributed by atoms with Crippen LogP contribution in [0.15, 0.2) is 0 Å². The lowest BCUT2D eigenvalue weighted by molar-refractivity contribution is -0.228. The number of aliphatic carboxylic acids is 1. The van der Waals surface area contributed by atoms with Crippen LogP contribution in [0.3, 0.4) is 0 Å². The Morgan fingerprint density at radius 3 is 2.56 bits per heavy atom. The van der Waals surface area contributed by atoms with Gasteiger partial charge in [-0.15, -0.1) is 0 Å². The molecule has 3 nitrogen and oxygen atoms in total. The molecule has 2 aliphatic carbocycles. The third kappa shape index (κ3) is 3.91. The first-order chi connectivity index (χ1) is 11.8. The Morgan fingerprint density at radius 1 is 1.12 bits per heavy atom. The molecule has 144 valence electrons. The summed E-state index contributed by atoms with van der Waals surface area (Å²) in [5, 5.41) is 9.87. The van der Waals surface area contributed by atoms with Crippen LogP contribution in [0.1, 0.15) is 85.5 Å². The van der Waals surface area contributed by atoms with Crippen LogP contribution in [-0.4, -0.2) is 22.8 Å². The van der Waals surface area contributed by atoms with Gasteiger partial charge in [-0.05, 0) is 75.5 Å². The van der Waals surface area contributed by atoms with E-state index in [0.717, 1.165) is 31.6 Å². The van der Waals surface area contributed by atoms with Crippen molar-refractivity contribution in [2.24, 2.45) is 35.5 Å². The van der Waals surface area contributed by atoms with E-state index in [2.05, 4.69) is 27.7 Å². The molecule has 7 atom stereocenters. The summed E-state index contributed by atoms with van der Waals surface area (Å²) in [5.74, 6) is 2.10. The van der Waals surface area contributed by atoms with E-state index in [1.165, 1.54) is 32.1 Å². The third-order valence-corrected chi connectivity index (χ3v) is 7.66. The van der Waals surface area contributed by atoms with Crippen LogP contribution in [0.25, 0.3) is 0 Å². The fourth-order valence-electron chi connectivity index (χ4n) is 6.38. The van der Waals surface area contributed by atoms with Gasteiger partial charge in [-0.3, -0.25) is 4.79 Å². The minimum atomic E-state index is -0.565. The Balaban J connectivity index is 1.78. The van der Waals surface area contributed by atoms with Crippen LogP contribution < -0.4 is 0 Å². The van der Waals surface area contributed by atoms with E-state index in [9.17, 15) is 9.90 Å². The Hall–Kier alpha value is -0.570. The molecule has 1 aliphatic heterocycles. The zero-order chi connectivity index (χ0) is 18.2. The van der Waals surface area contributed by atoms with E-state index >= 15 is 0 Å².